The van der Waals surface area contributed by atoms with Crippen LogP contribution in [0, 0.1) is 0 Å². The highest BCUT2D eigenvalue weighted by Gasteiger charge is 2.37. The molecule has 3 rings (SSSR count). The van der Waals surface area contributed by atoms with Crippen molar-refractivity contribution >= 4 is 63.5 Å². The van der Waals surface area contributed by atoms with Gasteiger partial charge in [0.1, 0.15) is 10.9 Å². The first-order chi connectivity index (χ1) is 16.6. The number of aliphatic carboxylic acids is 1. The Hall–Kier alpha value is -2.91. The first kappa shape index (κ1) is 27.7. The lowest BCUT2D eigenvalue weighted by molar-refractivity contribution is -0.143. The summed E-state index contributed by atoms with van der Waals surface area (Å²) in [6.45, 7) is -0.579. The zero-order valence-electron chi connectivity index (χ0n) is 17.7. The zero-order chi connectivity index (χ0) is 26.8. The molecule has 0 atom stereocenters. The van der Waals surface area contributed by atoms with E-state index in [4.69, 9.17) is 17.3 Å². The molecule has 0 unspecified atom stereocenters. The van der Waals surface area contributed by atoms with Crippen LogP contribution in [0.1, 0.15) is 22.4 Å². The number of alkyl halides is 6. The number of hydrogen-bond donors (Lipinski definition) is 2. The van der Waals surface area contributed by atoms with Crippen molar-refractivity contribution in [1.29, 1.82) is 0 Å². The van der Waals surface area contributed by atoms with Crippen LogP contribution in [-0.4, -0.2) is 45.2 Å². The molecule has 192 valence electrons. The van der Waals surface area contributed by atoms with Gasteiger partial charge in [-0.25, -0.2) is 0 Å². The van der Waals surface area contributed by atoms with E-state index in [9.17, 15) is 40.7 Å². The highest BCUT2D eigenvalue weighted by Crippen LogP contribution is 2.40. The first-order valence-electron chi connectivity index (χ1n) is 9.77. The molecule has 0 radical (unpaired) electrons. The van der Waals surface area contributed by atoms with Crippen LogP contribution in [0.2, 0.25) is 0 Å². The molecule has 2 amide bonds. The normalized spacial score (nSPS) is 15.6. The SMILES string of the molecule is O=C(O)CCNC(=O)CN1C(=O)/C(=C/c2cc(-c3cc(C(F)(F)F)cc(C(F)(F)F)c3)cs2)SC1=S. The lowest BCUT2D eigenvalue weighted by atomic mass is 10.0. The Morgan fingerprint density at radius 2 is 1.64 bits per heavy atom. The number of nitrogens with zero attached hydrogens (tertiary/aromatic N) is 1. The maximum absolute atomic E-state index is 13.2. The third-order valence-electron chi connectivity index (χ3n) is 4.65. The van der Waals surface area contributed by atoms with Gasteiger partial charge in [0.15, 0.2) is 0 Å². The molecule has 0 bridgehead atoms. The minimum atomic E-state index is -4.98. The number of amides is 2. The minimum Gasteiger partial charge on any atom is -0.481 e. The van der Waals surface area contributed by atoms with E-state index < -0.39 is 47.8 Å². The van der Waals surface area contributed by atoms with Crippen LogP contribution in [-0.2, 0) is 26.7 Å². The molecule has 1 aliphatic heterocycles. The molecule has 2 heterocycles. The third kappa shape index (κ3) is 6.85. The summed E-state index contributed by atoms with van der Waals surface area (Å²) in [6, 6.07) is 2.61. The second-order valence-corrected chi connectivity index (χ2v) is 9.91. The molecule has 0 spiro atoms. The average molecular weight is 569 g/mol. The number of thiophene rings is 1. The van der Waals surface area contributed by atoms with Gasteiger partial charge >= 0.3 is 18.3 Å². The number of halogens is 6. The third-order valence-corrected chi connectivity index (χ3v) is 6.91. The molecule has 2 N–H and O–H groups in total. The lowest BCUT2D eigenvalue weighted by Crippen LogP contribution is -2.40. The fraction of sp³-hybridized carbons (Fsp3) is 0.238. The topological polar surface area (TPSA) is 86.7 Å². The van der Waals surface area contributed by atoms with Gasteiger partial charge in [0.05, 0.1) is 22.5 Å². The molecule has 0 aliphatic carbocycles. The molecular formula is C21H14F6N2O4S3. The lowest BCUT2D eigenvalue weighted by Gasteiger charge is -2.13. The van der Waals surface area contributed by atoms with Gasteiger partial charge in [0, 0.05) is 11.4 Å². The molecule has 1 fully saturated rings. The van der Waals surface area contributed by atoms with Crippen molar-refractivity contribution in [1.82, 2.24) is 10.2 Å². The van der Waals surface area contributed by atoms with Crippen molar-refractivity contribution in [2.24, 2.45) is 0 Å². The second-order valence-electron chi connectivity index (χ2n) is 7.29. The van der Waals surface area contributed by atoms with Gasteiger partial charge in [-0.15, -0.1) is 11.3 Å². The molecule has 1 saturated heterocycles. The maximum atomic E-state index is 13.2. The number of carboxylic acid groups (broad SMARTS) is 1. The summed E-state index contributed by atoms with van der Waals surface area (Å²) in [7, 11) is 0. The quantitative estimate of drug-likeness (QED) is 0.270. The van der Waals surface area contributed by atoms with Crippen LogP contribution in [0.4, 0.5) is 26.3 Å². The summed E-state index contributed by atoms with van der Waals surface area (Å²) in [4.78, 5) is 36.6. The summed E-state index contributed by atoms with van der Waals surface area (Å²) in [5.74, 6) is -2.36. The summed E-state index contributed by atoms with van der Waals surface area (Å²) < 4.78 is 79.0. The first-order valence-corrected chi connectivity index (χ1v) is 11.9. The van der Waals surface area contributed by atoms with Crippen molar-refractivity contribution in [3.63, 3.8) is 0 Å². The van der Waals surface area contributed by atoms with Crippen LogP contribution in [0.25, 0.3) is 17.2 Å². The van der Waals surface area contributed by atoms with E-state index in [1.165, 1.54) is 17.5 Å². The number of thiocarbonyl (C=S) groups is 1. The van der Waals surface area contributed by atoms with E-state index in [1.54, 1.807) is 0 Å². The molecule has 36 heavy (non-hydrogen) atoms. The number of carbonyl (C=O) groups is 3. The van der Waals surface area contributed by atoms with Gasteiger partial charge in [-0.3, -0.25) is 19.3 Å². The Morgan fingerprint density at radius 1 is 1.03 bits per heavy atom. The molecule has 15 heteroatoms. The number of rotatable bonds is 7. The van der Waals surface area contributed by atoms with Crippen molar-refractivity contribution in [2.75, 3.05) is 13.1 Å². The van der Waals surface area contributed by atoms with E-state index >= 15 is 0 Å². The van der Waals surface area contributed by atoms with Gasteiger partial charge < -0.3 is 10.4 Å². The summed E-state index contributed by atoms with van der Waals surface area (Å²) in [5.41, 5.74) is -3.08. The summed E-state index contributed by atoms with van der Waals surface area (Å²) in [5, 5.41) is 12.3. The Balaban J connectivity index is 1.80. The van der Waals surface area contributed by atoms with E-state index in [2.05, 4.69) is 5.32 Å². The fourth-order valence-corrected chi connectivity index (χ4v) is 5.14. The van der Waals surface area contributed by atoms with Crippen LogP contribution in [0.15, 0.2) is 34.6 Å². The smallest absolute Gasteiger partial charge is 0.416 e. The summed E-state index contributed by atoms with van der Waals surface area (Å²) >= 11 is 6.96. The molecule has 1 aromatic carbocycles. The monoisotopic (exact) mass is 568 g/mol. The number of nitrogens with one attached hydrogen (secondary N) is 1. The Morgan fingerprint density at radius 3 is 2.19 bits per heavy atom. The van der Waals surface area contributed by atoms with E-state index in [1.807, 2.05) is 0 Å². The predicted octanol–water partition coefficient (Wildman–Crippen LogP) is 5.24. The standard InChI is InChI=1S/C21H14F6N2O4S3/c22-20(23,24)12-3-10(4-13(6-12)21(25,26)27)11-5-14(35-9-11)7-15-18(33)29(19(34)36-15)8-16(30)28-2-1-17(31)32/h3-7,9H,1-2,8H2,(H,28,30)(H,31,32)/b15-7-. The Labute approximate surface area is 213 Å². The van der Waals surface area contributed by atoms with Crippen molar-refractivity contribution in [3.8, 4) is 11.1 Å². The van der Waals surface area contributed by atoms with Crippen LogP contribution >= 0.6 is 35.3 Å². The van der Waals surface area contributed by atoms with Crippen molar-refractivity contribution in [2.45, 2.75) is 18.8 Å². The predicted molar refractivity (Wildman–Crippen MR) is 125 cm³/mol. The highest BCUT2D eigenvalue weighted by molar-refractivity contribution is 8.26. The van der Waals surface area contributed by atoms with Gasteiger partial charge in [0.25, 0.3) is 5.91 Å². The number of carbonyl (C=O) groups excluding carboxylic acids is 2. The van der Waals surface area contributed by atoms with Gasteiger partial charge in [0.2, 0.25) is 5.91 Å². The molecular weight excluding hydrogens is 554 g/mol. The molecule has 1 aliphatic rings. The summed E-state index contributed by atoms with van der Waals surface area (Å²) in [6.07, 6.45) is -8.90. The van der Waals surface area contributed by atoms with E-state index in [-0.39, 0.29) is 39.4 Å². The Bertz CT molecular complexity index is 1220. The van der Waals surface area contributed by atoms with Crippen LogP contribution in [0.3, 0.4) is 0 Å². The van der Waals surface area contributed by atoms with Gasteiger partial charge in [-0.1, -0.05) is 24.0 Å². The second kappa shape index (κ2) is 10.6. The van der Waals surface area contributed by atoms with E-state index in [0.717, 1.165) is 28.0 Å². The minimum absolute atomic E-state index is 0.0416. The van der Waals surface area contributed by atoms with Crippen LogP contribution < -0.4 is 5.32 Å². The van der Waals surface area contributed by atoms with Gasteiger partial charge in [-0.2, -0.15) is 26.3 Å². The van der Waals surface area contributed by atoms with Crippen LogP contribution in [0.5, 0.6) is 0 Å². The highest BCUT2D eigenvalue weighted by atomic mass is 32.2. The number of hydrogen-bond acceptors (Lipinski definition) is 6. The van der Waals surface area contributed by atoms with E-state index in [0.29, 0.717) is 17.0 Å². The molecule has 1 aromatic heterocycles. The maximum Gasteiger partial charge on any atom is 0.416 e. The fourth-order valence-electron chi connectivity index (χ4n) is 2.98. The average Bonchev–Trinajstić information content (AvgIpc) is 3.32. The molecule has 2 aromatic rings. The Kier molecular flexibility index (Phi) is 8.15. The number of benzene rings is 1. The largest absolute Gasteiger partial charge is 0.481 e. The molecule has 0 saturated carbocycles. The van der Waals surface area contributed by atoms with Crippen molar-refractivity contribution in [3.05, 3.63) is 50.6 Å². The number of thioether (sulfide) groups is 1. The van der Waals surface area contributed by atoms with Gasteiger partial charge in [-0.05, 0) is 46.8 Å². The zero-order valence-corrected chi connectivity index (χ0v) is 20.1. The van der Waals surface area contributed by atoms with Crippen molar-refractivity contribution < 1.29 is 45.8 Å². The number of carboxylic acids is 1. The molecule has 6 nitrogen and oxygen atoms in total.